The molecular formula is C36H90Cl2N8O5S4. The van der Waals surface area contributed by atoms with Gasteiger partial charge in [-0.3, -0.25) is 40.9 Å². The van der Waals surface area contributed by atoms with Gasteiger partial charge in [-0.25, -0.2) is 23.4 Å². The molecule has 0 fully saturated rings. The minimum Gasteiger partial charge on any atom is -0.497 e. The van der Waals surface area contributed by atoms with Crippen LogP contribution in [-0.2, 0) is 24.9 Å². The molecule has 1 rings (SSSR count). The van der Waals surface area contributed by atoms with Gasteiger partial charge in [0.25, 0.3) is 0 Å². The topological polar surface area (TPSA) is 230 Å². The Kier molecular flexibility index (Phi) is 74.4. The van der Waals surface area contributed by atoms with Gasteiger partial charge in [0.2, 0.25) is 23.6 Å². The quantitative estimate of drug-likeness (QED) is 0.0416. The third kappa shape index (κ3) is 67.8. The lowest BCUT2D eigenvalue weighted by atomic mass is 10.1. The lowest BCUT2D eigenvalue weighted by molar-refractivity contribution is -0.122. The number of nitrogens with one attached hydrogen (secondary N) is 4. The van der Waals surface area contributed by atoms with Crippen molar-refractivity contribution in [3.8, 4) is 5.75 Å². The minimum absolute atomic E-state index is 0. The van der Waals surface area contributed by atoms with E-state index in [4.69, 9.17) is 28.1 Å². The van der Waals surface area contributed by atoms with E-state index in [2.05, 4.69) is 43.3 Å². The first-order chi connectivity index (χ1) is 20.3. The van der Waals surface area contributed by atoms with Gasteiger partial charge >= 0.3 is 0 Å². The third-order valence-electron chi connectivity index (χ3n) is 4.80. The molecule has 0 aliphatic rings. The van der Waals surface area contributed by atoms with Crippen LogP contribution in [0.4, 0.5) is 0 Å². The molecule has 4 amide bonds. The van der Waals surface area contributed by atoms with Crippen molar-refractivity contribution in [3.05, 3.63) is 29.8 Å². The van der Waals surface area contributed by atoms with Crippen molar-refractivity contribution in [2.24, 2.45) is 23.4 Å². The van der Waals surface area contributed by atoms with Crippen molar-refractivity contribution in [2.45, 2.75) is 165 Å². The van der Waals surface area contributed by atoms with Gasteiger partial charge < -0.3 is 4.74 Å². The molecule has 0 atom stereocenters. The Bertz CT molecular complexity index is 961. The monoisotopic (exact) mass is 913 g/mol. The van der Waals surface area contributed by atoms with Crippen LogP contribution in [0.5, 0.6) is 5.75 Å². The standard InChI is InChI=1S/C13H20N2O2S.3C5H12N2OS.8CH4.2ClH/c1-13(2,8-12(16)15-14)18-9-10-4-6-11(17-3)7-5-10;3*1-5(2,9)3-4(8)7-6;;;;;;;;;;/h4-7H,8-9,14H2,1-3H3,(H,15,16);3*9H,3,6H2,1-2H3,(H,7,8);8*1H4;2*1H. The first kappa shape index (κ1) is 90.0. The molecule has 342 valence electrons. The summed E-state index contributed by atoms with van der Waals surface area (Å²) in [6, 6.07) is 7.95. The normalized spacial score (nSPS) is 9.09. The Labute approximate surface area is 373 Å². The van der Waals surface area contributed by atoms with Crippen LogP contribution in [0.1, 0.15) is 146 Å². The molecule has 0 aliphatic heterocycles. The number of thioether (sulfide) groups is 1. The van der Waals surface area contributed by atoms with Crippen LogP contribution in [0, 0.1) is 0 Å². The number of halogens is 2. The molecule has 0 saturated heterocycles. The van der Waals surface area contributed by atoms with E-state index in [1.54, 1.807) is 18.9 Å². The van der Waals surface area contributed by atoms with Crippen molar-refractivity contribution in [3.63, 3.8) is 0 Å². The number of rotatable bonds is 12. The number of methoxy groups -OCH3 is 1. The lowest BCUT2D eigenvalue weighted by Gasteiger charge is -2.22. The summed E-state index contributed by atoms with van der Waals surface area (Å²) in [4.78, 5) is 42.9. The zero-order valence-electron chi connectivity index (χ0n) is 28.8. The van der Waals surface area contributed by atoms with Crippen molar-refractivity contribution < 1.29 is 23.9 Å². The summed E-state index contributed by atoms with van der Waals surface area (Å²) in [5.41, 5.74) is 9.48. The Morgan fingerprint density at radius 2 is 0.782 bits per heavy atom. The summed E-state index contributed by atoms with van der Waals surface area (Å²) in [7, 11) is 1.65. The second-order valence-electron chi connectivity index (χ2n) is 12.3. The Hall–Kier alpha value is -1.28. The number of carbonyl (C=O) groups excluding carboxylic acids is 4. The number of thiol groups is 3. The summed E-state index contributed by atoms with van der Waals surface area (Å²) >= 11 is 14.1. The van der Waals surface area contributed by atoms with Crippen LogP contribution in [0.15, 0.2) is 24.3 Å². The predicted molar refractivity (Wildman–Crippen MR) is 264 cm³/mol. The SMILES string of the molecule is C.C.C.C.C.C.C.C.CC(C)(S)CC(=O)NN.CC(C)(S)CC(=O)NN.CC(C)(S)CC(=O)NN.COc1ccc(CSC(C)(C)CC(=O)NN)cc1.Cl.Cl. The van der Waals surface area contributed by atoms with E-state index in [1.807, 2.05) is 95.9 Å². The molecule has 0 bridgehead atoms. The molecule has 0 aliphatic carbocycles. The van der Waals surface area contributed by atoms with Gasteiger partial charge in [0, 0.05) is 50.4 Å². The molecule has 12 N–H and O–H groups in total. The largest absolute Gasteiger partial charge is 0.497 e. The second kappa shape index (κ2) is 45.4. The van der Waals surface area contributed by atoms with Crippen molar-refractivity contribution in [1.29, 1.82) is 0 Å². The van der Waals surface area contributed by atoms with Crippen molar-refractivity contribution in [1.82, 2.24) is 21.7 Å². The number of hydrogen-bond donors (Lipinski definition) is 11. The Morgan fingerprint density at radius 3 is 0.964 bits per heavy atom. The predicted octanol–water partition coefficient (Wildman–Crippen LogP) is 8.24. The molecule has 0 spiro atoms. The fourth-order valence-electron chi connectivity index (χ4n) is 2.82. The van der Waals surface area contributed by atoms with E-state index in [0.717, 1.165) is 11.5 Å². The molecule has 55 heavy (non-hydrogen) atoms. The molecule has 0 saturated carbocycles. The van der Waals surface area contributed by atoms with Gasteiger partial charge in [0.1, 0.15) is 5.75 Å². The summed E-state index contributed by atoms with van der Waals surface area (Å²) in [6.07, 6.45) is 1.43. The molecule has 13 nitrogen and oxygen atoms in total. The molecule has 1 aromatic carbocycles. The summed E-state index contributed by atoms with van der Waals surface area (Å²) < 4.78 is 4.15. The number of amides is 4. The molecule has 0 unspecified atom stereocenters. The van der Waals surface area contributed by atoms with Crippen LogP contribution in [0.2, 0.25) is 0 Å². The van der Waals surface area contributed by atoms with Crippen molar-refractivity contribution >= 4 is 98.1 Å². The van der Waals surface area contributed by atoms with Gasteiger partial charge in [-0.1, -0.05) is 127 Å². The number of carbonyl (C=O) groups is 4. The average molecular weight is 914 g/mol. The zero-order chi connectivity index (χ0) is 36.1. The van der Waals surface area contributed by atoms with Gasteiger partial charge in [-0.15, -0.1) is 24.8 Å². The van der Waals surface area contributed by atoms with Gasteiger partial charge in [0.15, 0.2) is 0 Å². The molecule has 0 heterocycles. The average Bonchev–Trinajstić information content (AvgIpc) is 2.90. The van der Waals surface area contributed by atoms with Crippen LogP contribution in [-0.4, -0.2) is 49.7 Å². The zero-order valence-corrected chi connectivity index (χ0v) is 33.9. The number of nitrogens with two attached hydrogens (primary N) is 4. The Morgan fingerprint density at radius 1 is 0.545 bits per heavy atom. The first-order valence-corrected chi connectivity index (χ1v) is 16.1. The molecular weight excluding hydrogens is 824 g/mol. The third-order valence-corrected chi connectivity index (χ3v) is 6.68. The fourth-order valence-corrected chi connectivity index (χ4v) is 4.23. The highest BCUT2D eigenvalue weighted by atomic mass is 35.5. The maximum absolute atomic E-state index is 11.3. The van der Waals surface area contributed by atoms with Crippen molar-refractivity contribution in [2.75, 3.05) is 7.11 Å². The minimum atomic E-state index is -0.274. The summed E-state index contributed by atoms with van der Waals surface area (Å²) in [6.45, 7) is 15.2. The van der Waals surface area contributed by atoms with E-state index in [-0.39, 0.29) is 127 Å². The van der Waals surface area contributed by atoms with Crippen LogP contribution in [0.3, 0.4) is 0 Å². The maximum Gasteiger partial charge on any atom is 0.235 e. The molecule has 1 aromatic rings. The number of hydrogen-bond acceptors (Lipinski definition) is 13. The lowest BCUT2D eigenvalue weighted by Crippen LogP contribution is -2.35. The van der Waals surface area contributed by atoms with Gasteiger partial charge in [-0.05, 0) is 17.7 Å². The summed E-state index contributed by atoms with van der Waals surface area (Å²) in [5, 5.41) is 0. The van der Waals surface area contributed by atoms with Gasteiger partial charge in [-0.2, -0.15) is 49.6 Å². The van der Waals surface area contributed by atoms with E-state index in [1.165, 1.54) is 5.56 Å². The highest BCUT2D eigenvalue weighted by molar-refractivity contribution is 7.99. The highest BCUT2D eigenvalue weighted by Gasteiger charge is 2.22. The summed E-state index contributed by atoms with van der Waals surface area (Å²) in [5.74, 6) is 20.6. The number of ether oxygens (including phenoxy) is 1. The molecule has 0 radical (unpaired) electrons. The van der Waals surface area contributed by atoms with E-state index < -0.39 is 0 Å². The van der Waals surface area contributed by atoms with E-state index in [9.17, 15) is 19.2 Å². The Balaban J connectivity index is -0.0000000385. The van der Waals surface area contributed by atoms with Crippen LogP contribution in [0.25, 0.3) is 0 Å². The van der Waals surface area contributed by atoms with Crippen LogP contribution < -0.4 is 49.8 Å². The van der Waals surface area contributed by atoms with Gasteiger partial charge in [0.05, 0.1) is 7.11 Å². The van der Waals surface area contributed by atoms with E-state index >= 15 is 0 Å². The fraction of sp³-hybridized carbons (Fsp3) is 0.722. The van der Waals surface area contributed by atoms with E-state index in [0.29, 0.717) is 25.7 Å². The highest BCUT2D eigenvalue weighted by Crippen LogP contribution is 2.31. The smallest absolute Gasteiger partial charge is 0.235 e. The second-order valence-corrected chi connectivity index (χ2v) is 17.6. The maximum atomic E-state index is 11.3. The first-order valence-electron chi connectivity index (χ1n) is 13.8. The number of benzene rings is 1. The van der Waals surface area contributed by atoms with Crippen LogP contribution >= 0.6 is 74.5 Å². The molecule has 0 aromatic heterocycles. The molecule has 19 heteroatoms. The number of hydrazine groups is 4.